The fraction of sp³-hybridized carbons (Fsp3) is 0.188. The molecule has 2 heterocycles. The van der Waals surface area contributed by atoms with Crippen LogP contribution in [-0.2, 0) is 16.1 Å². The highest BCUT2D eigenvalue weighted by atomic mass is 32.1. The maximum absolute atomic E-state index is 12.0. The number of nitrogens with zero attached hydrogens (tertiary/aromatic N) is 2. The van der Waals surface area contributed by atoms with E-state index in [0.29, 0.717) is 4.88 Å². The molecular formula is C16H14N2O4S. The number of para-hydroxylation sites is 1. The van der Waals surface area contributed by atoms with Crippen LogP contribution in [0.15, 0.2) is 34.1 Å². The van der Waals surface area contributed by atoms with Crippen LogP contribution < -0.4 is 4.87 Å². The van der Waals surface area contributed by atoms with Gasteiger partial charge in [0, 0.05) is 16.8 Å². The molecule has 7 heteroatoms. The molecule has 0 bridgehead atoms. The minimum Gasteiger partial charge on any atom is -0.493 e. The molecule has 0 unspecified atom stereocenters. The van der Waals surface area contributed by atoms with Crippen molar-refractivity contribution in [1.82, 2.24) is 4.57 Å². The Labute approximate surface area is 136 Å². The first kappa shape index (κ1) is 15.2. The number of esters is 1. The third-order valence-corrected chi connectivity index (χ3v) is 4.47. The highest BCUT2D eigenvalue weighted by Crippen LogP contribution is 2.37. The molecule has 118 valence electrons. The van der Waals surface area contributed by atoms with Gasteiger partial charge in [-0.1, -0.05) is 29.5 Å². The number of hydrogen-bond donors (Lipinski definition) is 1. The fourth-order valence-corrected chi connectivity index (χ4v) is 3.22. The number of fused-ring (bicyclic) bond motifs is 1. The van der Waals surface area contributed by atoms with Gasteiger partial charge < -0.3 is 9.84 Å². The van der Waals surface area contributed by atoms with Gasteiger partial charge in [-0.15, -0.1) is 0 Å². The second-order valence-corrected chi connectivity index (χ2v) is 5.98. The molecule has 0 fully saturated rings. The topological polar surface area (TPSA) is 80.9 Å². The molecule has 3 rings (SSSR count). The number of aromatic nitrogens is 1. The molecule has 1 aromatic carbocycles. The summed E-state index contributed by atoms with van der Waals surface area (Å²) in [6, 6.07) is 7.66. The predicted octanol–water partition coefficient (Wildman–Crippen LogP) is 2.44. The second kappa shape index (κ2) is 5.85. The number of methoxy groups -OCH3 is 1. The van der Waals surface area contributed by atoms with E-state index in [-0.39, 0.29) is 12.4 Å². The second-order valence-electron chi connectivity index (χ2n) is 4.99. The van der Waals surface area contributed by atoms with E-state index >= 15 is 0 Å². The Kier molecular flexibility index (Phi) is 3.87. The Hall–Kier alpha value is -2.67. The minimum absolute atomic E-state index is 0.241. The lowest BCUT2D eigenvalue weighted by Crippen LogP contribution is -2.19. The number of carbonyl (C=O) groups is 1. The van der Waals surface area contributed by atoms with Crippen LogP contribution in [0.3, 0.4) is 0 Å². The standard InChI is InChI=1S/C16H14N2O4S/c1-9-11(10-5-3-4-6-12(10)17-9)7-13-15(20)18(16(21)23-13)8-14(19)22-2/h3-7,20H,8H2,1-2H3/b11-7+. The summed E-state index contributed by atoms with van der Waals surface area (Å²) < 4.78 is 5.53. The normalized spacial score (nSPS) is 14.7. The van der Waals surface area contributed by atoms with Gasteiger partial charge in [-0.3, -0.25) is 19.1 Å². The molecule has 1 aromatic heterocycles. The molecule has 1 aliphatic heterocycles. The van der Waals surface area contributed by atoms with Crippen molar-refractivity contribution < 1.29 is 14.6 Å². The monoisotopic (exact) mass is 330 g/mol. The number of aromatic hydroxyl groups is 1. The smallest absolute Gasteiger partial charge is 0.325 e. The van der Waals surface area contributed by atoms with Gasteiger partial charge in [-0.2, -0.15) is 0 Å². The average Bonchev–Trinajstić information content (AvgIpc) is 2.99. The van der Waals surface area contributed by atoms with Crippen molar-refractivity contribution in [2.75, 3.05) is 7.11 Å². The van der Waals surface area contributed by atoms with Crippen molar-refractivity contribution in [3.8, 4) is 5.88 Å². The molecule has 0 amide bonds. The first-order chi connectivity index (χ1) is 11.0. The average molecular weight is 330 g/mol. The van der Waals surface area contributed by atoms with Gasteiger partial charge in [0.05, 0.1) is 17.7 Å². The summed E-state index contributed by atoms with van der Waals surface area (Å²) in [5, 5.41) is 10.2. The van der Waals surface area contributed by atoms with Gasteiger partial charge in [0.1, 0.15) is 6.54 Å². The third-order valence-electron chi connectivity index (χ3n) is 3.56. The van der Waals surface area contributed by atoms with Crippen LogP contribution in [-0.4, -0.2) is 28.5 Å². The quantitative estimate of drug-likeness (QED) is 0.877. The molecule has 0 saturated heterocycles. The number of carbonyl (C=O) groups excluding carboxylic acids is 1. The van der Waals surface area contributed by atoms with E-state index in [2.05, 4.69) is 9.73 Å². The number of thiazole rings is 1. The summed E-state index contributed by atoms with van der Waals surface area (Å²) in [5.41, 5.74) is 3.47. The SMILES string of the molecule is COC(=O)Cn1c(O)c(/C=C2\C(C)=Nc3ccccc32)sc1=O. The summed E-state index contributed by atoms with van der Waals surface area (Å²) >= 11 is 0.875. The molecule has 1 N–H and O–H groups in total. The lowest BCUT2D eigenvalue weighted by molar-refractivity contribution is -0.141. The zero-order valence-corrected chi connectivity index (χ0v) is 13.4. The summed E-state index contributed by atoms with van der Waals surface area (Å²) in [5.74, 6) is -0.835. The molecule has 0 saturated carbocycles. The van der Waals surface area contributed by atoms with Crippen LogP contribution >= 0.6 is 11.3 Å². The van der Waals surface area contributed by atoms with Crippen molar-refractivity contribution in [2.45, 2.75) is 13.5 Å². The van der Waals surface area contributed by atoms with Gasteiger partial charge in [0.2, 0.25) is 5.88 Å². The predicted molar refractivity (Wildman–Crippen MR) is 89.3 cm³/mol. The number of rotatable bonds is 3. The van der Waals surface area contributed by atoms with Crippen LogP contribution in [0, 0.1) is 0 Å². The minimum atomic E-state index is -0.594. The molecule has 0 atom stereocenters. The van der Waals surface area contributed by atoms with Crippen LogP contribution in [0.2, 0.25) is 0 Å². The maximum Gasteiger partial charge on any atom is 0.325 e. The number of allylic oxidation sites excluding steroid dienone is 1. The van der Waals surface area contributed by atoms with Crippen LogP contribution in [0.4, 0.5) is 5.69 Å². The van der Waals surface area contributed by atoms with Gasteiger partial charge in [-0.25, -0.2) is 0 Å². The van der Waals surface area contributed by atoms with E-state index in [1.54, 1.807) is 6.08 Å². The molecule has 1 aliphatic rings. The summed E-state index contributed by atoms with van der Waals surface area (Å²) in [7, 11) is 1.23. The van der Waals surface area contributed by atoms with Crippen LogP contribution in [0.1, 0.15) is 17.4 Å². The van der Waals surface area contributed by atoms with Gasteiger partial charge >= 0.3 is 10.8 Å². The van der Waals surface area contributed by atoms with Crippen molar-refractivity contribution in [3.63, 3.8) is 0 Å². The Morgan fingerprint density at radius 3 is 2.91 bits per heavy atom. The van der Waals surface area contributed by atoms with Crippen molar-refractivity contribution in [1.29, 1.82) is 0 Å². The Morgan fingerprint density at radius 2 is 2.17 bits per heavy atom. The largest absolute Gasteiger partial charge is 0.493 e. The molecule has 23 heavy (non-hydrogen) atoms. The Bertz CT molecular complexity index is 905. The molecular weight excluding hydrogens is 316 g/mol. The van der Waals surface area contributed by atoms with Crippen molar-refractivity contribution >= 4 is 40.4 Å². The van der Waals surface area contributed by atoms with E-state index in [4.69, 9.17) is 0 Å². The Balaban J connectivity index is 2.05. The molecule has 0 radical (unpaired) electrons. The maximum atomic E-state index is 12.0. The van der Waals surface area contributed by atoms with E-state index in [1.807, 2.05) is 31.2 Å². The highest BCUT2D eigenvalue weighted by Gasteiger charge is 2.20. The summed E-state index contributed by atoms with van der Waals surface area (Å²) in [6.07, 6.45) is 1.72. The van der Waals surface area contributed by atoms with Crippen LogP contribution in [0.25, 0.3) is 11.6 Å². The first-order valence-electron chi connectivity index (χ1n) is 6.87. The highest BCUT2D eigenvalue weighted by molar-refractivity contribution is 7.10. The van der Waals surface area contributed by atoms with E-state index in [1.165, 1.54) is 7.11 Å². The molecule has 2 aromatic rings. The van der Waals surface area contributed by atoms with Crippen molar-refractivity contribution in [2.24, 2.45) is 4.99 Å². The molecule has 6 nitrogen and oxygen atoms in total. The fourth-order valence-electron chi connectivity index (χ4n) is 2.39. The summed E-state index contributed by atoms with van der Waals surface area (Å²) in [4.78, 5) is 27.7. The van der Waals surface area contributed by atoms with E-state index in [9.17, 15) is 14.7 Å². The summed E-state index contributed by atoms with van der Waals surface area (Å²) in [6.45, 7) is 1.56. The van der Waals surface area contributed by atoms with Gasteiger partial charge in [0.25, 0.3) is 0 Å². The Morgan fingerprint density at radius 1 is 1.43 bits per heavy atom. The van der Waals surface area contributed by atoms with E-state index < -0.39 is 10.8 Å². The lowest BCUT2D eigenvalue weighted by Gasteiger charge is -2.03. The van der Waals surface area contributed by atoms with Crippen LogP contribution in [0.5, 0.6) is 5.88 Å². The van der Waals surface area contributed by atoms with Gasteiger partial charge in [-0.05, 0) is 19.1 Å². The zero-order chi connectivity index (χ0) is 16.6. The number of aliphatic imine (C=N–C) groups is 1. The molecule has 0 aliphatic carbocycles. The molecule has 0 spiro atoms. The van der Waals surface area contributed by atoms with Gasteiger partial charge in [0.15, 0.2) is 0 Å². The van der Waals surface area contributed by atoms with E-state index in [0.717, 1.165) is 38.4 Å². The zero-order valence-electron chi connectivity index (χ0n) is 12.6. The number of hydrogen-bond acceptors (Lipinski definition) is 6. The number of benzene rings is 1. The third kappa shape index (κ3) is 2.70. The first-order valence-corrected chi connectivity index (χ1v) is 7.69. The number of ether oxygens (including phenoxy) is 1. The lowest BCUT2D eigenvalue weighted by atomic mass is 10.0. The van der Waals surface area contributed by atoms with Crippen molar-refractivity contribution in [3.05, 3.63) is 44.4 Å².